The summed E-state index contributed by atoms with van der Waals surface area (Å²) in [4.78, 5) is 46.9. The van der Waals surface area contributed by atoms with Gasteiger partial charge in [-0.2, -0.15) is 0 Å². The first-order chi connectivity index (χ1) is 14.1. The van der Waals surface area contributed by atoms with Crippen LogP contribution in [0.5, 0.6) is 0 Å². The molecule has 0 heterocycles. The van der Waals surface area contributed by atoms with Crippen LogP contribution in [0.3, 0.4) is 0 Å². The number of benzene rings is 1. The van der Waals surface area contributed by atoms with Gasteiger partial charge in [0.15, 0.2) is 0 Å². The first-order valence-corrected chi connectivity index (χ1v) is 8.93. The highest BCUT2D eigenvalue weighted by Crippen LogP contribution is 2.10. The molecule has 0 fully saturated rings. The maximum absolute atomic E-state index is 11.7. The van der Waals surface area contributed by atoms with Crippen LogP contribution in [0.4, 0.5) is 0 Å². The summed E-state index contributed by atoms with van der Waals surface area (Å²) in [6.45, 7) is -1.90. The molecule has 1 aromatic rings. The van der Waals surface area contributed by atoms with Crippen LogP contribution >= 0.6 is 12.2 Å². The fourth-order valence-electron chi connectivity index (χ4n) is 2.60. The van der Waals surface area contributed by atoms with Crippen molar-refractivity contribution >= 4 is 41.3 Å². The lowest BCUT2D eigenvalue weighted by molar-refractivity contribution is -0.148. The molecule has 12 heteroatoms. The summed E-state index contributed by atoms with van der Waals surface area (Å²) in [5, 5.41) is 43.7. The summed E-state index contributed by atoms with van der Waals surface area (Å²) in [6, 6.07) is 7.52. The number of rotatable bonds is 13. The lowest BCUT2D eigenvalue weighted by Gasteiger charge is -2.29. The second-order valence-electron chi connectivity index (χ2n) is 6.01. The molecule has 0 saturated carbocycles. The van der Waals surface area contributed by atoms with Crippen molar-refractivity contribution in [3.8, 4) is 0 Å². The minimum Gasteiger partial charge on any atom is -0.480 e. The van der Waals surface area contributed by atoms with Gasteiger partial charge < -0.3 is 20.4 Å². The molecule has 5 N–H and O–H groups in total. The van der Waals surface area contributed by atoms with E-state index in [9.17, 15) is 24.3 Å². The Bertz CT molecular complexity index is 737. The van der Waals surface area contributed by atoms with Crippen LogP contribution in [-0.2, 0) is 25.6 Å². The van der Waals surface area contributed by atoms with E-state index in [1.165, 1.54) is 4.90 Å². The van der Waals surface area contributed by atoms with Gasteiger partial charge in [-0.15, -0.1) is 0 Å². The Morgan fingerprint density at radius 2 is 1.37 bits per heavy atom. The second-order valence-corrected chi connectivity index (χ2v) is 6.21. The summed E-state index contributed by atoms with van der Waals surface area (Å²) < 4.78 is 0. The quantitative estimate of drug-likeness (QED) is 0.208. The molecule has 164 valence electrons. The number of thiocarbonyl (C=S) groups is 1. The summed E-state index contributed by atoms with van der Waals surface area (Å²) in [6.07, 6.45) is 0.0569. The second kappa shape index (κ2) is 14.8. The Morgan fingerprint density at radius 1 is 0.900 bits per heavy atom. The average molecular weight is 441 g/mol. The van der Waals surface area contributed by atoms with Gasteiger partial charge in [0.2, 0.25) is 0 Å². The Kier molecular flexibility index (Phi) is 13.2. The lowest BCUT2D eigenvalue weighted by Crippen LogP contribution is -2.49. The van der Waals surface area contributed by atoms with Crippen LogP contribution < -0.4 is 0 Å². The molecule has 0 aliphatic carbocycles. The van der Waals surface area contributed by atoms with Crippen molar-refractivity contribution in [2.24, 2.45) is 0 Å². The molecule has 11 nitrogen and oxygen atoms in total. The van der Waals surface area contributed by atoms with E-state index in [1.807, 2.05) is 0 Å². The maximum Gasteiger partial charge on any atom is 0.321 e. The van der Waals surface area contributed by atoms with Gasteiger partial charge in [-0.3, -0.25) is 29.0 Å². The third kappa shape index (κ3) is 12.3. The monoisotopic (exact) mass is 441 g/mol. The first kappa shape index (κ1) is 26.8. The van der Waals surface area contributed by atoms with Crippen molar-refractivity contribution in [2.75, 3.05) is 32.7 Å². The molecule has 0 aromatic heterocycles. The van der Waals surface area contributed by atoms with Gasteiger partial charge >= 0.3 is 23.9 Å². The van der Waals surface area contributed by atoms with Crippen molar-refractivity contribution in [1.82, 2.24) is 9.80 Å². The number of hydrogen-bond acceptors (Lipinski definition) is 8. The molecule has 1 aromatic carbocycles. The minimum atomic E-state index is -1.24. The van der Waals surface area contributed by atoms with E-state index in [0.717, 1.165) is 4.90 Å². The van der Waals surface area contributed by atoms with Gasteiger partial charge in [-0.25, -0.2) is 5.41 Å². The molecule has 0 bridgehead atoms. The molecular formula is C18H23N3O8S. The molecule has 30 heavy (non-hydrogen) atoms. The highest BCUT2D eigenvalue weighted by Gasteiger charge is 2.28. The third-order valence-electron chi connectivity index (χ3n) is 3.76. The van der Waals surface area contributed by atoms with Gasteiger partial charge in [-0.1, -0.05) is 30.3 Å². The van der Waals surface area contributed by atoms with Gasteiger partial charge in [-0.05, 0) is 24.2 Å². The lowest BCUT2D eigenvalue weighted by atomic mass is 10.0. The normalized spacial score (nSPS) is 11.1. The van der Waals surface area contributed by atoms with Crippen molar-refractivity contribution in [1.29, 1.82) is 5.41 Å². The minimum absolute atomic E-state index is 0.0569. The zero-order valence-corrected chi connectivity index (χ0v) is 16.7. The van der Waals surface area contributed by atoms with E-state index in [1.54, 1.807) is 35.5 Å². The van der Waals surface area contributed by atoms with Crippen molar-refractivity contribution in [3.63, 3.8) is 0 Å². The average Bonchev–Trinajstić information content (AvgIpc) is 2.63. The molecule has 0 aliphatic rings. The number of carboxylic acid groups (broad SMARTS) is 4. The third-order valence-corrected chi connectivity index (χ3v) is 3.76. The fourth-order valence-corrected chi connectivity index (χ4v) is 2.60. The highest BCUT2D eigenvalue weighted by atomic mass is 32.1. The van der Waals surface area contributed by atoms with Crippen molar-refractivity contribution in [2.45, 2.75) is 12.5 Å². The zero-order valence-electron chi connectivity index (χ0n) is 15.9. The highest BCUT2D eigenvalue weighted by molar-refractivity contribution is 7.78. The van der Waals surface area contributed by atoms with E-state index in [0.29, 0.717) is 5.56 Å². The van der Waals surface area contributed by atoms with Crippen molar-refractivity contribution in [3.05, 3.63) is 35.9 Å². The van der Waals surface area contributed by atoms with E-state index < -0.39 is 49.6 Å². The van der Waals surface area contributed by atoms with Crippen LogP contribution in [0.1, 0.15) is 5.56 Å². The topological polar surface area (TPSA) is 180 Å². The van der Waals surface area contributed by atoms with Crippen LogP contribution in [0, 0.1) is 5.41 Å². The van der Waals surface area contributed by atoms with E-state index in [4.69, 9.17) is 20.7 Å². The molecule has 0 aliphatic heterocycles. The van der Waals surface area contributed by atoms with Crippen LogP contribution in [-0.4, -0.2) is 98.0 Å². The number of hydrogen-bond donors (Lipinski definition) is 5. The number of carboxylic acids is 4. The zero-order chi connectivity index (χ0) is 23.1. The van der Waals surface area contributed by atoms with Gasteiger partial charge in [0, 0.05) is 13.1 Å². The van der Waals surface area contributed by atoms with Crippen molar-refractivity contribution < 1.29 is 39.6 Å². The summed E-state index contributed by atoms with van der Waals surface area (Å²) in [5.41, 5.74) is 0.702. The molecule has 0 radical (unpaired) electrons. The predicted molar refractivity (Wildman–Crippen MR) is 108 cm³/mol. The molecule has 0 amide bonds. The number of nitrogens with zero attached hydrogens (tertiary/aromatic N) is 2. The van der Waals surface area contributed by atoms with Gasteiger partial charge in [0.25, 0.3) is 0 Å². The Morgan fingerprint density at radius 3 is 1.77 bits per heavy atom. The molecular weight excluding hydrogens is 418 g/mol. The van der Waals surface area contributed by atoms with Gasteiger partial charge in [0.1, 0.15) is 6.04 Å². The SMILES string of the molecule is N=C=S.O=C(O)CN(CCN(CC(=O)O)C(Cc1ccccc1)C(=O)O)CC(=O)O. The Hall–Kier alpha value is -3.18. The fraction of sp³-hybridized carbons (Fsp3) is 0.389. The van der Waals surface area contributed by atoms with Crippen LogP contribution in [0.25, 0.3) is 0 Å². The smallest absolute Gasteiger partial charge is 0.321 e. The molecule has 1 atom stereocenters. The van der Waals surface area contributed by atoms with E-state index in [2.05, 4.69) is 12.2 Å². The van der Waals surface area contributed by atoms with E-state index >= 15 is 0 Å². The first-order valence-electron chi connectivity index (χ1n) is 8.53. The van der Waals surface area contributed by atoms with Crippen LogP contribution in [0.15, 0.2) is 30.3 Å². The number of isothiocyanates is 1. The number of carbonyl (C=O) groups is 4. The van der Waals surface area contributed by atoms with Crippen LogP contribution in [0.2, 0.25) is 0 Å². The van der Waals surface area contributed by atoms with E-state index in [-0.39, 0.29) is 19.5 Å². The predicted octanol–water partition coefficient (Wildman–Crippen LogP) is 0.208. The van der Waals surface area contributed by atoms with Gasteiger partial charge in [0.05, 0.1) is 24.8 Å². The number of aliphatic carboxylic acids is 4. The molecule has 0 saturated heterocycles. The standard InChI is InChI=1S/C17H22N2O8.CHNS/c20-14(21)9-18(10-15(22)23)6-7-19(11-16(24)25)13(17(26)27)8-12-4-2-1-3-5-12;2-1-3/h1-5,13H,6-11H2,(H,20,21)(H,22,23)(H,24,25)(H,26,27);2H. The number of nitrogens with one attached hydrogen (secondary N) is 1. The maximum atomic E-state index is 11.7. The summed E-state index contributed by atoms with van der Waals surface area (Å²) >= 11 is 3.81. The Labute approximate surface area is 177 Å². The molecule has 1 rings (SSSR count). The molecule has 1 unspecified atom stereocenters. The largest absolute Gasteiger partial charge is 0.480 e. The molecule has 0 spiro atoms. The summed E-state index contributed by atoms with van der Waals surface area (Å²) in [5.74, 6) is -4.93. The Balaban J connectivity index is 0.00000263. The summed E-state index contributed by atoms with van der Waals surface area (Å²) in [7, 11) is 0.